The highest BCUT2D eigenvalue weighted by molar-refractivity contribution is 7.10. The first-order valence-electron chi connectivity index (χ1n) is 11.3. The number of ether oxygens (including phenoxy) is 5. The number of hydrogen-bond acceptors (Lipinski definition) is 8. The Morgan fingerprint density at radius 2 is 1.91 bits per heavy atom. The third-order valence-corrected chi connectivity index (χ3v) is 7.17. The van der Waals surface area contributed by atoms with Crippen LogP contribution in [-0.2, 0) is 17.8 Å². The Bertz CT molecular complexity index is 1120. The molecule has 0 fully saturated rings. The van der Waals surface area contributed by atoms with Crippen LogP contribution in [0.25, 0.3) is 0 Å². The highest BCUT2D eigenvalue weighted by Crippen LogP contribution is 2.42. The molecule has 7 nitrogen and oxygen atoms in total. The molecule has 0 amide bonds. The van der Waals surface area contributed by atoms with Crippen LogP contribution in [0.4, 0.5) is 0 Å². The van der Waals surface area contributed by atoms with Gasteiger partial charge < -0.3 is 28.8 Å². The molecule has 0 bridgehead atoms. The largest absolute Gasteiger partial charge is 0.493 e. The van der Waals surface area contributed by atoms with Crippen molar-refractivity contribution in [2.75, 3.05) is 40.7 Å². The summed E-state index contributed by atoms with van der Waals surface area (Å²) in [4.78, 5) is 3.57. The van der Waals surface area contributed by atoms with Gasteiger partial charge in [0.05, 0.1) is 39.6 Å². The van der Waals surface area contributed by atoms with Gasteiger partial charge in [0.1, 0.15) is 0 Å². The number of β-amino-alcohol motifs (C(OH)–C–C–N with tert-alkyl or cyclic N) is 1. The minimum Gasteiger partial charge on any atom is -0.493 e. The summed E-state index contributed by atoms with van der Waals surface area (Å²) in [5.74, 6) is 2.95. The molecule has 3 heterocycles. The molecular weight excluding hydrogens is 454 g/mol. The van der Waals surface area contributed by atoms with Crippen molar-refractivity contribution in [3.8, 4) is 23.0 Å². The van der Waals surface area contributed by atoms with E-state index in [1.54, 1.807) is 25.6 Å². The summed E-state index contributed by atoms with van der Waals surface area (Å²) in [6.45, 7) is 2.26. The first-order chi connectivity index (χ1) is 16.7. The zero-order valence-electron chi connectivity index (χ0n) is 19.4. The zero-order valence-corrected chi connectivity index (χ0v) is 20.2. The Hall–Kier alpha value is -2.78. The van der Waals surface area contributed by atoms with Crippen molar-refractivity contribution in [1.82, 2.24) is 4.90 Å². The third-order valence-electron chi connectivity index (χ3n) is 6.25. The molecule has 0 aliphatic carbocycles. The van der Waals surface area contributed by atoms with Crippen molar-refractivity contribution < 1.29 is 28.8 Å². The minimum absolute atomic E-state index is 0.0482. The number of benzene rings is 2. The number of methoxy groups -OCH3 is 2. The van der Waals surface area contributed by atoms with Crippen molar-refractivity contribution in [3.63, 3.8) is 0 Å². The van der Waals surface area contributed by atoms with Gasteiger partial charge in [-0.25, -0.2) is 0 Å². The maximum atomic E-state index is 10.8. The molecule has 34 heavy (non-hydrogen) atoms. The highest BCUT2D eigenvalue weighted by Gasteiger charge is 2.32. The van der Waals surface area contributed by atoms with Gasteiger partial charge in [-0.15, -0.1) is 11.3 Å². The quantitative estimate of drug-likeness (QED) is 0.493. The Balaban J connectivity index is 1.27. The lowest BCUT2D eigenvalue weighted by molar-refractivity contribution is 0.00398. The molecule has 180 valence electrons. The predicted molar refractivity (Wildman–Crippen MR) is 129 cm³/mol. The molecule has 0 spiro atoms. The molecule has 2 unspecified atom stereocenters. The van der Waals surface area contributed by atoms with E-state index < -0.39 is 6.10 Å². The Kier molecular flexibility index (Phi) is 6.92. The molecule has 2 aliphatic rings. The Morgan fingerprint density at radius 3 is 2.71 bits per heavy atom. The maximum Gasteiger partial charge on any atom is 0.231 e. The number of nitrogens with zero attached hydrogens (tertiary/aromatic N) is 1. The highest BCUT2D eigenvalue weighted by atomic mass is 32.1. The van der Waals surface area contributed by atoms with Crippen LogP contribution in [-0.4, -0.2) is 56.8 Å². The van der Waals surface area contributed by atoms with E-state index in [-0.39, 0.29) is 19.4 Å². The molecule has 8 heteroatoms. The summed E-state index contributed by atoms with van der Waals surface area (Å²) >= 11 is 1.72. The number of aliphatic hydroxyl groups excluding tert-OH is 1. The minimum atomic E-state index is -0.613. The molecule has 5 rings (SSSR count). The fraction of sp³-hybridized carbons (Fsp3) is 0.385. The number of rotatable bonds is 9. The molecule has 0 saturated heterocycles. The second-order valence-corrected chi connectivity index (χ2v) is 9.40. The summed E-state index contributed by atoms with van der Waals surface area (Å²) < 4.78 is 27.7. The average molecular weight is 484 g/mol. The van der Waals surface area contributed by atoms with E-state index in [2.05, 4.69) is 34.5 Å². The topological polar surface area (TPSA) is 69.6 Å². The molecule has 3 aromatic rings. The van der Waals surface area contributed by atoms with Gasteiger partial charge in [0, 0.05) is 18.0 Å². The van der Waals surface area contributed by atoms with Gasteiger partial charge in [0.25, 0.3) is 0 Å². The van der Waals surface area contributed by atoms with Gasteiger partial charge >= 0.3 is 0 Å². The molecular formula is C26H29NO6S. The number of aliphatic hydroxyl groups is 1. The van der Waals surface area contributed by atoms with Crippen molar-refractivity contribution in [3.05, 3.63) is 69.4 Å². The second kappa shape index (κ2) is 10.2. The van der Waals surface area contributed by atoms with Crippen molar-refractivity contribution in [2.24, 2.45) is 0 Å². The van der Waals surface area contributed by atoms with Crippen molar-refractivity contribution in [2.45, 2.75) is 25.2 Å². The summed E-state index contributed by atoms with van der Waals surface area (Å²) in [6.07, 6.45) is 0.265. The number of hydrogen-bond donors (Lipinski definition) is 1. The van der Waals surface area contributed by atoms with E-state index in [1.165, 1.54) is 16.0 Å². The van der Waals surface area contributed by atoms with Gasteiger partial charge in [-0.2, -0.15) is 0 Å². The first kappa shape index (κ1) is 23.0. The zero-order chi connectivity index (χ0) is 23.5. The van der Waals surface area contributed by atoms with Gasteiger partial charge in [-0.1, -0.05) is 12.1 Å². The Labute approximate surface area is 203 Å². The average Bonchev–Trinajstić information content (AvgIpc) is 3.55. The monoisotopic (exact) mass is 483 g/mol. The number of thiophene rings is 1. The summed E-state index contributed by atoms with van der Waals surface area (Å²) in [6, 6.07) is 14.2. The van der Waals surface area contributed by atoms with Crippen LogP contribution >= 0.6 is 11.3 Å². The van der Waals surface area contributed by atoms with Crippen LogP contribution in [0.3, 0.4) is 0 Å². The third kappa shape index (κ3) is 4.72. The van der Waals surface area contributed by atoms with E-state index in [9.17, 15) is 5.11 Å². The smallest absolute Gasteiger partial charge is 0.231 e. The van der Waals surface area contributed by atoms with Crippen LogP contribution in [0, 0.1) is 0 Å². The van der Waals surface area contributed by atoms with Crippen molar-refractivity contribution >= 4 is 11.3 Å². The van der Waals surface area contributed by atoms with Crippen LogP contribution in [0.5, 0.6) is 23.0 Å². The number of fused-ring (bicyclic) bond motifs is 2. The fourth-order valence-corrected chi connectivity index (χ4v) is 5.52. The van der Waals surface area contributed by atoms with E-state index in [1.807, 2.05) is 18.2 Å². The summed E-state index contributed by atoms with van der Waals surface area (Å²) in [7, 11) is 3.32. The molecule has 0 radical (unpaired) electrons. The molecule has 1 N–H and O–H groups in total. The normalized spacial score (nSPS) is 17.9. The second-order valence-electron chi connectivity index (χ2n) is 8.43. The molecule has 0 saturated carbocycles. The van der Waals surface area contributed by atoms with E-state index in [0.717, 1.165) is 41.5 Å². The van der Waals surface area contributed by atoms with Crippen LogP contribution < -0.4 is 18.9 Å². The lowest BCUT2D eigenvalue weighted by Gasteiger charge is -2.38. The molecule has 2 atom stereocenters. The maximum absolute atomic E-state index is 10.8. The van der Waals surface area contributed by atoms with Crippen LogP contribution in [0.15, 0.2) is 47.8 Å². The van der Waals surface area contributed by atoms with Crippen molar-refractivity contribution in [1.29, 1.82) is 0 Å². The molecule has 1 aromatic heterocycles. The molecule has 2 aromatic carbocycles. The summed E-state index contributed by atoms with van der Waals surface area (Å²) in [5.41, 5.74) is 3.43. The predicted octanol–water partition coefficient (Wildman–Crippen LogP) is 4.02. The molecule has 2 aliphatic heterocycles. The van der Waals surface area contributed by atoms with E-state index >= 15 is 0 Å². The van der Waals surface area contributed by atoms with E-state index in [4.69, 9.17) is 23.7 Å². The Morgan fingerprint density at radius 1 is 1.09 bits per heavy atom. The van der Waals surface area contributed by atoms with Crippen LogP contribution in [0.2, 0.25) is 0 Å². The SMILES string of the molecule is COc1cc2c(cc1OC)C(c1cccs1)N(CC(O)COCc1ccc3c(c1)OCO3)CC2. The van der Waals surface area contributed by atoms with Gasteiger partial charge in [-0.3, -0.25) is 4.90 Å². The standard InChI is InChI=1S/C26H29NO6S/c1-29-22-11-18-7-8-27(26(25-4-3-9-34-25)20(18)12-23(22)30-2)13-19(28)15-31-14-17-5-6-21-24(10-17)33-16-32-21/h3-6,9-12,19,26,28H,7-8,13-16H2,1-2H3. The van der Waals surface area contributed by atoms with E-state index in [0.29, 0.717) is 13.2 Å². The lowest BCUT2D eigenvalue weighted by atomic mass is 9.90. The van der Waals surface area contributed by atoms with Gasteiger partial charge in [0.15, 0.2) is 23.0 Å². The fourth-order valence-electron chi connectivity index (χ4n) is 4.64. The van der Waals surface area contributed by atoms with Gasteiger partial charge in [-0.05, 0) is 58.8 Å². The van der Waals surface area contributed by atoms with Gasteiger partial charge in [0.2, 0.25) is 6.79 Å². The van der Waals surface area contributed by atoms with Crippen LogP contribution in [0.1, 0.15) is 27.6 Å². The summed E-state index contributed by atoms with van der Waals surface area (Å²) in [5, 5.41) is 12.9. The lowest BCUT2D eigenvalue weighted by Crippen LogP contribution is -2.41. The first-order valence-corrected chi connectivity index (χ1v) is 12.2.